The van der Waals surface area contributed by atoms with Gasteiger partial charge in [-0.25, -0.2) is 4.79 Å². The molecule has 0 atom stereocenters. The summed E-state index contributed by atoms with van der Waals surface area (Å²) in [6, 6.07) is 5.65. The van der Waals surface area contributed by atoms with Gasteiger partial charge in [0, 0.05) is 13.1 Å². The molecule has 0 saturated carbocycles. The van der Waals surface area contributed by atoms with Gasteiger partial charge in [0.2, 0.25) is 0 Å². The molecule has 0 radical (unpaired) electrons. The van der Waals surface area contributed by atoms with E-state index in [0.717, 1.165) is 5.69 Å². The number of para-hydroxylation sites is 2. The summed E-state index contributed by atoms with van der Waals surface area (Å²) in [5, 5.41) is 17.6. The number of aryl methyl sites for hydroxylation is 2. The molecule has 0 aliphatic carbocycles. The smallest absolute Gasteiger partial charge is 0.344 e. The number of ether oxygens (including phenoxy) is 2. The molecule has 2 rings (SSSR count). The fourth-order valence-corrected chi connectivity index (χ4v) is 2.18. The summed E-state index contributed by atoms with van der Waals surface area (Å²) >= 11 is 0. The molecular weight excluding hydrogens is 344 g/mol. The van der Waals surface area contributed by atoms with E-state index >= 15 is 0 Å². The number of anilines is 1. The summed E-state index contributed by atoms with van der Waals surface area (Å²) in [5.41, 5.74) is 1.71. The van der Waals surface area contributed by atoms with Gasteiger partial charge < -0.3 is 14.8 Å². The second-order valence-corrected chi connectivity index (χ2v) is 5.39. The first-order chi connectivity index (χ1) is 12.3. The van der Waals surface area contributed by atoms with Crippen LogP contribution in [0, 0.1) is 24.0 Å². The Morgan fingerprint density at radius 3 is 2.58 bits per heavy atom. The first-order valence-electron chi connectivity index (χ1n) is 7.61. The van der Waals surface area contributed by atoms with Crippen molar-refractivity contribution in [3.8, 4) is 5.75 Å². The summed E-state index contributed by atoms with van der Waals surface area (Å²) in [6.45, 7) is 2.48. The zero-order valence-electron chi connectivity index (χ0n) is 14.5. The lowest BCUT2D eigenvalue weighted by Crippen LogP contribution is -2.24. The third-order valence-electron chi connectivity index (χ3n) is 3.55. The Balaban J connectivity index is 1.84. The third kappa shape index (κ3) is 4.56. The Labute approximate surface area is 148 Å². The monoisotopic (exact) mass is 362 g/mol. The molecule has 0 aliphatic rings. The topological polar surface area (TPSA) is 126 Å². The van der Waals surface area contributed by atoms with Gasteiger partial charge in [0.05, 0.1) is 22.0 Å². The van der Waals surface area contributed by atoms with Gasteiger partial charge >= 0.3 is 11.7 Å². The highest BCUT2D eigenvalue weighted by atomic mass is 16.6. The van der Waals surface area contributed by atoms with Gasteiger partial charge in [0.25, 0.3) is 5.91 Å². The molecule has 1 aromatic heterocycles. The predicted molar refractivity (Wildman–Crippen MR) is 90.9 cm³/mol. The predicted octanol–water partition coefficient (Wildman–Crippen LogP) is 1.51. The number of rotatable bonds is 7. The Morgan fingerprint density at radius 2 is 1.96 bits per heavy atom. The van der Waals surface area contributed by atoms with Crippen molar-refractivity contribution in [2.75, 3.05) is 18.5 Å². The van der Waals surface area contributed by atoms with E-state index in [4.69, 9.17) is 9.47 Å². The van der Waals surface area contributed by atoms with Crippen molar-refractivity contribution in [2.24, 2.45) is 7.05 Å². The van der Waals surface area contributed by atoms with Crippen LogP contribution in [0.15, 0.2) is 24.3 Å². The lowest BCUT2D eigenvalue weighted by atomic mass is 10.3. The molecule has 0 aliphatic heterocycles. The van der Waals surface area contributed by atoms with E-state index in [2.05, 4.69) is 10.4 Å². The van der Waals surface area contributed by atoms with Gasteiger partial charge in [-0.3, -0.25) is 19.6 Å². The van der Waals surface area contributed by atoms with Gasteiger partial charge in [0.15, 0.2) is 19.0 Å². The van der Waals surface area contributed by atoms with Crippen LogP contribution < -0.4 is 10.1 Å². The van der Waals surface area contributed by atoms with E-state index in [1.807, 2.05) is 0 Å². The summed E-state index contributed by atoms with van der Waals surface area (Å²) in [6.07, 6.45) is 0. The molecule has 0 spiro atoms. The number of nitro groups is 1. The number of nitrogens with one attached hydrogen (secondary N) is 1. The standard InChI is InChI=1S/C16H18N4O6/c1-10-16(11(2)19(3)18-10)17-14(21)8-26-15(22)9-25-13-7-5-4-6-12(13)20(23)24/h4-7H,8-9H2,1-3H3,(H,17,21). The number of hydrogen-bond acceptors (Lipinski definition) is 7. The molecule has 0 saturated heterocycles. The number of hydrogen-bond donors (Lipinski definition) is 1. The van der Waals surface area contributed by atoms with E-state index in [9.17, 15) is 19.7 Å². The van der Waals surface area contributed by atoms with E-state index in [1.54, 1.807) is 31.6 Å². The number of nitrogens with zero attached hydrogens (tertiary/aromatic N) is 3. The minimum absolute atomic E-state index is 0.0551. The highest BCUT2D eigenvalue weighted by Crippen LogP contribution is 2.25. The van der Waals surface area contributed by atoms with Crippen LogP contribution in [0.3, 0.4) is 0 Å². The second-order valence-electron chi connectivity index (χ2n) is 5.39. The van der Waals surface area contributed by atoms with Gasteiger partial charge in [-0.1, -0.05) is 12.1 Å². The van der Waals surface area contributed by atoms with Crippen LogP contribution in [0.25, 0.3) is 0 Å². The summed E-state index contributed by atoms with van der Waals surface area (Å²) in [4.78, 5) is 33.8. The van der Waals surface area contributed by atoms with E-state index in [1.165, 1.54) is 18.2 Å². The molecular formula is C16H18N4O6. The first-order valence-corrected chi connectivity index (χ1v) is 7.61. The van der Waals surface area contributed by atoms with Crippen molar-refractivity contribution in [2.45, 2.75) is 13.8 Å². The third-order valence-corrected chi connectivity index (χ3v) is 3.55. The largest absolute Gasteiger partial charge is 0.475 e. The van der Waals surface area contributed by atoms with Gasteiger partial charge in [-0.05, 0) is 19.9 Å². The lowest BCUT2D eigenvalue weighted by Gasteiger charge is -2.08. The van der Waals surface area contributed by atoms with E-state index < -0.39 is 30.0 Å². The van der Waals surface area contributed by atoms with Crippen molar-refractivity contribution < 1.29 is 24.0 Å². The summed E-state index contributed by atoms with van der Waals surface area (Å²) in [5.74, 6) is -1.40. The Hall–Kier alpha value is -3.43. The Kier molecular flexibility index (Phi) is 5.89. The fourth-order valence-electron chi connectivity index (χ4n) is 2.18. The number of benzene rings is 1. The molecule has 1 amide bonds. The van der Waals surface area contributed by atoms with Crippen LogP contribution in [0.5, 0.6) is 5.75 Å². The highest BCUT2D eigenvalue weighted by molar-refractivity contribution is 5.93. The summed E-state index contributed by atoms with van der Waals surface area (Å²) in [7, 11) is 1.75. The molecule has 1 aromatic carbocycles. The number of carbonyl (C=O) groups excluding carboxylic acids is 2. The number of carbonyl (C=O) groups is 2. The molecule has 1 N–H and O–H groups in total. The quantitative estimate of drug-likeness (QED) is 0.449. The maximum atomic E-state index is 11.9. The Morgan fingerprint density at radius 1 is 1.27 bits per heavy atom. The normalized spacial score (nSPS) is 10.3. The highest BCUT2D eigenvalue weighted by Gasteiger charge is 2.17. The second kappa shape index (κ2) is 8.10. The lowest BCUT2D eigenvalue weighted by molar-refractivity contribution is -0.385. The minimum atomic E-state index is -0.821. The van der Waals surface area contributed by atoms with Crippen molar-refractivity contribution in [1.82, 2.24) is 9.78 Å². The zero-order chi connectivity index (χ0) is 19.3. The van der Waals surface area contributed by atoms with Gasteiger partial charge in [-0.15, -0.1) is 0 Å². The first kappa shape index (κ1) is 18.9. The number of esters is 1. The maximum absolute atomic E-state index is 11.9. The van der Waals surface area contributed by atoms with Crippen molar-refractivity contribution in [3.05, 3.63) is 45.8 Å². The number of nitro benzene ring substituents is 1. The van der Waals surface area contributed by atoms with Crippen molar-refractivity contribution in [3.63, 3.8) is 0 Å². The summed E-state index contributed by atoms with van der Waals surface area (Å²) < 4.78 is 11.5. The molecule has 0 unspecified atom stereocenters. The molecule has 10 heteroatoms. The van der Waals surface area contributed by atoms with Gasteiger partial charge in [-0.2, -0.15) is 5.10 Å². The molecule has 138 valence electrons. The van der Waals surface area contributed by atoms with Crippen LogP contribution in [-0.4, -0.2) is 39.8 Å². The average Bonchev–Trinajstić information content (AvgIpc) is 2.84. The molecule has 2 aromatic rings. The Bertz CT molecular complexity index is 845. The zero-order valence-corrected chi connectivity index (χ0v) is 14.5. The molecule has 0 fully saturated rings. The molecule has 26 heavy (non-hydrogen) atoms. The van der Waals surface area contributed by atoms with Crippen molar-refractivity contribution >= 4 is 23.3 Å². The minimum Gasteiger partial charge on any atom is -0.475 e. The van der Waals surface area contributed by atoms with Crippen LogP contribution in [0.2, 0.25) is 0 Å². The van der Waals surface area contributed by atoms with E-state index in [0.29, 0.717) is 11.4 Å². The molecule has 1 heterocycles. The molecule has 0 bridgehead atoms. The SMILES string of the molecule is Cc1nn(C)c(C)c1NC(=O)COC(=O)COc1ccccc1[N+](=O)[O-]. The van der Waals surface area contributed by atoms with Gasteiger partial charge in [0.1, 0.15) is 0 Å². The average molecular weight is 362 g/mol. The van der Waals surface area contributed by atoms with Crippen LogP contribution >= 0.6 is 0 Å². The van der Waals surface area contributed by atoms with Crippen molar-refractivity contribution in [1.29, 1.82) is 0 Å². The number of aromatic nitrogens is 2. The molecule has 10 nitrogen and oxygen atoms in total. The fraction of sp³-hybridized carbons (Fsp3) is 0.312. The maximum Gasteiger partial charge on any atom is 0.344 e. The van der Waals surface area contributed by atoms with Crippen LogP contribution in [-0.2, 0) is 21.4 Å². The van der Waals surface area contributed by atoms with Crippen LogP contribution in [0.4, 0.5) is 11.4 Å². The van der Waals surface area contributed by atoms with Crippen LogP contribution in [0.1, 0.15) is 11.4 Å². The van der Waals surface area contributed by atoms with E-state index in [-0.39, 0.29) is 11.4 Å². The number of amides is 1.